The number of carbonyl (C=O) groups excluding carboxylic acids is 1. The smallest absolute Gasteiger partial charge is 0.330 e. The molecule has 0 fully saturated rings. The quantitative estimate of drug-likeness (QED) is 0.298. The van der Waals surface area contributed by atoms with Crippen LogP contribution < -0.4 is 0 Å². The highest BCUT2D eigenvalue weighted by molar-refractivity contribution is 6.74. The van der Waals surface area contributed by atoms with Gasteiger partial charge in [0, 0.05) is 13.2 Å². The minimum atomic E-state index is -1.91. The standard InChI is InChI=1S/C15H30O5Si/c1-12(20-21(7,8)15(2,3)4)13(19-11-17-5)9-10-14(16)18-6/h9-10,12-13H,11H2,1-8H3/b10-9+/t12-,13+/m0/s1. The maximum atomic E-state index is 11.2. The van der Waals surface area contributed by atoms with Crippen molar-refractivity contribution in [1.82, 2.24) is 0 Å². The highest BCUT2D eigenvalue weighted by Gasteiger charge is 2.39. The molecule has 21 heavy (non-hydrogen) atoms. The lowest BCUT2D eigenvalue weighted by Gasteiger charge is -2.39. The molecule has 0 aliphatic carbocycles. The van der Waals surface area contributed by atoms with Gasteiger partial charge in [-0.25, -0.2) is 4.79 Å². The summed E-state index contributed by atoms with van der Waals surface area (Å²) in [5.41, 5.74) is 0. The molecular weight excluding hydrogens is 288 g/mol. The zero-order valence-electron chi connectivity index (χ0n) is 14.6. The minimum absolute atomic E-state index is 0.110. The first-order valence-electron chi connectivity index (χ1n) is 7.09. The van der Waals surface area contributed by atoms with E-state index in [1.54, 1.807) is 13.2 Å². The molecule has 0 aromatic carbocycles. The summed E-state index contributed by atoms with van der Waals surface area (Å²) in [5, 5.41) is 0.110. The third kappa shape index (κ3) is 7.22. The third-order valence-corrected chi connectivity index (χ3v) is 8.32. The average Bonchev–Trinajstić information content (AvgIpc) is 2.36. The topological polar surface area (TPSA) is 54.0 Å². The number of hydrogen-bond donors (Lipinski definition) is 0. The Morgan fingerprint density at radius 2 is 1.81 bits per heavy atom. The predicted octanol–water partition coefficient (Wildman–Crippen LogP) is 3.12. The van der Waals surface area contributed by atoms with E-state index in [0.717, 1.165) is 0 Å². The molecule has 0 aliphatic heterocycles. The summed E-state index contributed by atoms with van der Waals surface area (Å²) in [5.74, 6) is -0.416. The lowest BCUT2D eigenvalue weighted by molar-refractivity contribution is -0.135. The van der Waals surface area contributed by atoms with Gasteiger partial charge in [-0.05, 0) is 31.1 Å². The lowest BCUT2D eigenvalue weighted by Crippen LogP contribution is -2.46. The van der Waals surface area contributed by atoms with Gasteiger partial charge in [0.05, 0.1) is 13.2 Å². The first-order chi connectivity index (χ1) is 9.55. The maximum Gasteiger partial charge on any atom is 0.330 e. The Hall–Kier alpha value is -0.693. The van der Waals surface area contributed by atoms with E-state index in [1.165, 1.54) is 13.2 Å². The second-order valence-electron chi connectivity index (χ2n) is 6.50. The number of methoxy groups -OCH3 is 2. The minimum Gasteiger partial charge on any atom is -0.466 e. The Kier molecular flexibility index (Phi) is 8.39. The second kappa shape index (κ2) is 8.68. The zero-order valence-corrected chi connectivity index (χ0v) is 15.6. The van der Waals surface area contributed by atoms with E-state index in [0.29, 0.717) is 0 Å². The van der Waals surface area contributed by atoms with Crippen LogP contribution in [0.3, 0.4) is 0 Å². The molecule has 0 radical (unpaired) electrons. The van der Waals surface area contributed by atoms with Gasteiger partial charge in [0.15, 0.2) is 8.32 Å². The molecule has 0 heterocycles. The van der Waals surface area contributed by atoms with Crippen molar-refractivity contribution in [2.75, 3.05) is 21.0 Å². The van der Waals surface area contributed by atoms with Crippen molar-refractivity contribution < 1.29 is 23.4 Å². The van der Waals surface area contributed by atoms with Crippen molar-refractivity contribution in [1.29, 1.82) is 0 Å². The SMILES string of the molecule is COCO[C@H](/C=C/C(=O)OC)[C@H](C)O[Si](C)(C)C(C)(C)C. The largest absolute Gasteiger partial charge is 0.466 e. The number of carbonyl (C=O) groups is 1. The molecule has 2 atom stereocenters. The van der Waals surface area contributed by atoms with Crippen molar-refractivity contribution in [3.05, 3.63) is 12.2 Å². The molecule has 5 nitrogen and oxygen atoms in total. The van der Waals surface area contributed by atoms with E-state index in [9.17, 15) is 4.79 Å². The van der Waals surface area contributed by atoms with Crippen LogP contribution in [0.2, 0.25) is 18.1 Å². The van der Waals surface area contributed by atoms with Crippen molar-refractivity contribution in [3.8, 4) is 0 Å². The van der Waals surface area contributed by atoms with Gasteiger partial charge >= 0.3 is 5.97 Å². The van der Waals surface area contributed by atoms with E-state index in [-0.39, 0.29) is 24.0 Å². The monoisotopic (exact) mass is 318 g/mol. The molecule has 6 heteroatoms. The number of esters is 1. The van der Waals surface area contributed by atoms with Crippen molar-refractivity contribution in [2.24, 2.45) is 0 Å². The zero-order chi connectivity index (χ0) is 16.7. The first kappa shape index (κ1) is 20.3. The molecule has 0 aromatic heterocycles. The Bertz CT molecular complexity index is 346. The molecule has 0 bridgehead atoms. The fraction of sp³-hybridized carbons (Fsp3) is 0.800. The lowest BCUT2D eigenvalue weighted by atomic mass is 10.2. The summed E-state index contributed by atoms with van der Waals surface area (Å²) >= 11 is 0. The maximum absolute atomic E-state index is 11.2. The van der Waals surface area contributed by atoms with Crippen LogP contribution in [0.1, 0.15) is 27.7 Å². The summed E-state index contributed by atoms with van der Waals surface area (Å²) in [6, 6.07) is 0. The van der Waals surface area contributed by atoms with Crippen LogP contribution in [0, 0.1) is 0 Å². The fourth-order valence-corrected chi connectivity index (χ4v) is 2.86. The van der Waals surface area contributed by atoms with E-state index < -0.39 is 14.3 Å². The van der Waals surface area contributed by atoms with Crippen LogP contribution in [0.25, 0.3) is 0 Å². The summed E-state index contributed by atoms with van der Waals surface area (Å²) < 4.78 is 21.4. The molecule has 0 saturated carbocycles. The van der Waals surface area contributed by atoms with Gasteiger partial charge in [0.25, 0.3) is 0 Å². The Balaban J connectivity index is 4.90. The van der Waals surface area contributed by atoms with Crippen LogP contribution in [0.5, 0.6) is 0 Å². The summed E-state index contributed by atoms with van der Waals surface area (Å²) in [6.07, 6.45) is 2.47. The Morgan fingerprint density at radius 1 is 1.24 bits per heavy atom. The number of ether oxygens (including phenoxy) is 3. The van der Waals surface area contributed by atoms with Crippen LogP contribution in [-0.4, -0.2) is 47.5 Å². The number of rotatable bonds is 8. The molecule has 0 amide bonds. The predicted molar refractivity (Wildman–Crippen MR) is 85.6 cm³/mol. The molecule has 0 unspecified atom stereocenters. The van der Waals surface area contributed by atoms with E-state index in [4.69, 9.17) is 13.9 Å². The molecular formula is C15H30O5Si. The summed E-state index contributed by atoms with van der Waals surface area (Å²) in [7, 11) is 0.991. The van der Waals surface area contributed by atoms with Gasteiger partial charge in [0.2, 0.25) is 0 Å². The van der Waals surface area contributed by atoms with Crippen molar-refractivity contribution >= 4 is 14.3 Å². The molecule has 0 rings (SSSR count). The fourth-order valence-electron chi connectivity index (χ4n) is 1.44. The Labute approximate surface area is 129 Å². The van der Waals surface area contributed by atoms with E-state index in [2.05, 4.69) is 38.6 Å². The average molecular weight is 318 g/mol. The van der Waals surface area contributed by atoms with Gasteiger partial charge in [-0.2, -0.15) is 0 Å². The van der Waals surface area contributed by atoms with Crippen molar-refractivity contribution in [3.63, 3.8) is 0 Å². The molecule has 0 aliphatic rings. The number of hydrogen-bond acceptors (Lipinski definition) is 5. The summed E-state index contributed by atoms with van der Waals surface area (Å²) in [6.45, 7) is 13.0. The normalized spacial score (nSPS) is 16.0. The van der Waals surface area contributed by atoms with Gasteiger partial charge in [-0.15, -0.1) is 0 Å². The Morgan fingerprint density at radius 3 is 2.24 bits per heavy atom. The van der Waals surface area contributed by atoms with Gasteiger partial charge in [-0.3, -0.25) is 0 Å². The van der Waals surface area contributed by atoms with Gasteiger partial charge < -0.3 is 18.6 Å². The highest BCUT2D eigenvalue weighted by Crippen LogP contribution is 2.37. The van der Waals surface area contributed by atoms with Crippen LogP contribution in [-0.2, 0) is 23.4 Å². The first-order valence-corrected chi connectivity index (χ1v) is 10.0. The second-order valence-corrected chi connectivity index (χ2v) is 11.3. The highest BCUT2D eigenvalue weighted by atomic mass is 28.4. The summed E-state index contributed by atoms with van der Waals surface area (Å²) in [4.78, 5) is 11.2. The molecule has 0 N–H and O–H groups in total. The van der Waals surface area contributed by atoms with Crippen LogP contribution in [0.4, 0.5) is 0 Å². The molecule has 0 aromatic rings. The van der Waals surface area contributed by atoms with Crippen LogP contribution in [0.15, 0.2) is 12.2 Å². The van der Waals surface area contributed by atoms with Gasteiger partial charge in [-0.1, -0.05) is 20.8 Å². The van der Waals surface area contributed by atoms with E-state index in [1.807, 2.05) is 6.92 Å². The van der Waals surface area contributed by atoms with Crippen LogP contribution >= 0.6 is 0 Å². The van der Waals surface area contributed by atoms with Crippen molar-refractivity contribution in [2.45, 2.75) is 58.0 Å². The molecule has 0 spiro atoms. The molecule has 124 valence electrons. The van der Waals surface area contributed by atoms with Gasteiger partial charge in [0.1, 0.15) is 12.9 Å². The molecule has 0 saturated heterocycles. The van der Waals surface area contributed by atoms with E-state index >= 15 is 0 Å². The third-order valence-electron chi connectivity index (χ3n) is 3.75.